The van der Waals surface area contributed by atoms with Gasteiger partial charge in [0.25, 0.3) is 0 Å². The Morgan fingerprint density at radius 3 is 0.737 bits per heavy atom. The molecule has 0 aliphatic heterocycles. The number of hydrogen-bond acceptors (Lipinski definition) is 9. The Morgan fingerprint density at radius 2 is 0.737 bits per heavy atom. The van der Waals surface area contributed by atoms with Gasteiger partial charge in [0.1, 0.15) is 0 Å². The van der Waals surface area contributed by atoms with Crippen LogP contribution >= 0.6 is 0 Å². The Balaban J connectivity index is -0.0000000865. The molecule has 9 nitrogen and oxygen atoms in total. The fourth-order valence-corrected chi connectivity index (χ4v) is 0. The number of carboxylic acid groups (broad SMARTS) is 3. The van der Waals surface area contributed by atoms with E-state index in [4.69, 9.17) is 15.3 Å². The van der Waals surface area contributed by atoms with E-state index >= 15 is 0 Å². The fourth-order valence-electron chi connectivity index (χ4n) is 0. The van der Waals surface area contributed by atoms with E-state index in [1.165, 1.54) is 0 Å². The van der Waals surface area contributed by atoms with Gasteiger partial charge in [0, 0.05) is 0 Å². The average Bonchev–Trinajstić information content (AvgIpc) is 2.18. The van der Waals surface area contributed by atoms with Crippen LogP contribution in [0.1, 0.15) is 20.8 Å². The first-order chi connectivity index (χ1) is 7.93. The van der Waals surface area contributed by atoms with Gasteiger partial charge in [0.05, 0.1) is 36.2 Å². The minimum absolute atomic E-state index is 0. The monoisotopic (exact) mass is 369 g/mol. The van der Waals surface area contributed by atoms with Crippen LogP contribution in [0.15, 0.2) is 0 Å². The summed E-state index contributed by atoms with van der Waals surface area (Å²) < 4.78 is 0. The van der Waals surface area contributed by atoms with Gasteiger partial charge < -0.3 is 45.0 Å². The van der Waals surface area contributed by atoms with Gasteiger partial charge in [0.2, 0.25) is 0 Å². The van der Waals surface area contributed by atoms with Crippen LogP contribution in [0, 0.1) is 0 Å². The van der Waals surface area contributed by atoms with Gasteiger partial charge in [-0.15, -0.1) is 0 Å². The molecule has 113 valence electrons. The number of carboxylic acids is 3. The molecule has 0 amide bonds. The molecule has 3 atom stereocenters. The second-order valence-electron chi connectivity index (χ2n) is 2.99. The summed E-state index contributed by atoms with van der Waals surface area (Å²) in [6, 6.07) is 0. The molecule has 0 rings (SSSR count). The summed E-state index contributed by atoms with van der Waals surface area (Å²) in [5, 5.41) is 51.9. The molecule has 0 aliphatic rings. The first-order valence-electron chi connectivity index (χ1n) is 4.60. The minimum Gasteiger partial charge on any atom is -0.547 e. The van der Waals surface area contributed by atoms with Crippen LogP contribution in [0.2, 0.25) is 0 Å². The number of rotatable bonds is 3. The number of aliphatic hydroxyl groups is 3. The third kappa shape index (κ3) is 31.6. The molecule has 0 aromatic carbocycles. The van der Waals surface area contributed by atoms with Crippen molar-refractivity contribution in [1.82, 2.24) is 0 Å². The predicted octanol–water partition coefficient (Wildman–Crippen LogP) is -5.65. The smallest absolute Gasteiger partial charge is 0.547 e. The quantitative estimate of drug-likeness (QED) is 0.409. The minimum atomic E-state index is -1.44. The second-order valence-corrected chi connectivity index (χ2v) is 2.99. The van der Waals surface area contributed by atoms with E-state index in [0.717, 1.165) is 20.8 Å². The van der Waals surface area contributed by atoms with Gasteiger partial charge in [-0.25, -0.2) is 0 Å². The maximum absolute atomic E-state index is 9.34. The van der Waals surface area contributed by atoms with Gasteiger partial charge in [-0.2, -0.15) is 0 Å². The number of aliphatic carboxylic acids is 3. The first-order valence-corrected chi connectivity index (χ1v) is 4.60. The van der Waals surface area contributed by atoms with E-state index in [-0.39, 0.29) is 19.5 Å². The molecule has 0 spiro atoms. The Morgan fingerprint density at radius 1 is 0.684 bits per heavy atom. The molecular weight excluding hydrogens is 353 g/mol. The molecule has 3 N–H and O–H groups in total. The molecule has 1 radical (unpaired) electrons. The first kappa shape index (κ1) is 26.5. The van der Waals surface area contributed by atoms with Crippen LogP contribution in [0.3, 0.4) is 0 Å². The van der Waals surface area contributed by atoms with E-state index < -0.39 is 36.2 Å². The van der Waals surface area contributed by atoms with E-state index in [1.54, 1.807) is 0 Å². The summed E-state index contributed by atoms with van der Waals surface area (Å²) in [5.41, 5.74) is 0. The van der Waals surface area contributed by atoms with E-state index in [1.807, 2.05) is 0 Å². The molecule has 0 aromatic heterocycles. The van der Waals surface area contributed by atoms with Crippen molar-refractivity contribution >= 4 is 17.9 Å². The van der Waals surface area contributed by atoms with E-state index in [9.17, 15) is 29.7 Å². The molecule has 0 saturated heterocycles. The van der Waals surface area contributed by atoms with Gasteiger partial charge in [-0.1, -0.05) is 0 Å². The molecular formula is C9H15O9Ru. The molecule has 3 unspecified atom stereocenters. The molecule has 0 heterocycles. The molecule has 0 saturated carbocycles. The van der Waals surface area contributed by atoms with E-state index in [0.29, 0.717) is 0 Å². The Hall–Kier alpha value is -1.09. The van der Waals surface area contributed by atoms with Crippen LogP contribution in [-0.4, -0.2) is 51.5 Å². The largest absolute Gasteiger partial charge is 3.00 e. The van der Waals surface area contributed by atoms with Crippen LogP contribution < -0.4 is 15.3 Å². The molecule has 0 bridgehead atoms. The summed E-state index contributed by atoms with van der Waals surface area (Å²) in [7, 11) is 0. The van der Waals surface area contributed by atoms with Crippen LogP contribution in [0.5, 0.6) is 0 Å². The van der Waals surface area contributed by atoms with Crippen molar-refractivity contribution in [2.75, 3.05) is 0 Å². The number of hydrogen-bond donors (Lipinski definition) is 3. The topological polar surface area (TPSA) is 181 Å². The molecule has 0 aliphatic carbocycles. The molecule has 0 fully saturated rings. The van der Waals surface area contributed by atoms with Gasteiger partial charge in [-0.3, -0.25) is 0 Å². The van der Waals surface area contributed by atoms with Crippen molar-refractivity contribution < 1.29 is 64.5 Å². The molecule has 0 aromatic rings. The zero-order valence-corrected chi connectivity index (χ0v) is 12.1. The second kappa shape index (κ2) is 15.0. The zero-order valence-electron chi connectivity index (χ0n) is 10.4. The van der Waals surface area contributed by atoms with Crippen molar-refractivity contribution in [2.24, 2.45) is 0 Å². The number of carbonyl (C=O) groups is 3. The average molecular weight is 368 g/mol. The summed E-state index contributed by atoms with van der Waals surface area (Å²) in [6.07, 6.45) is -4.03. The summed E-state index contributed by atoms with van der Waals surface area (Å²) in [5.74, 6) is -4.31. The maximum atomic E-state index is 9.34. The fraction of sp³-hybridized carbons (Fsp3) is 0.667. The van der Waals surface area contributed by atoms with Crippen molar-refractivity contribution in [1.29, 1.82) is 0 Å². The van der Waals surface area contributed by atoms with Gasteiger partial charge >= 0.3 is 19.5 Å². The zero-order chi connectivity index (χ0) is 15.5. The number of carbonyl (C=O) groups excluding carboxylic acids is 3. The van der Waals surface area contributed by atoms with Gasteiger partial charge in [-0.05, 0) is 20.8 Å². The number of aliphatic hydroxyl groups excluding tert-OH is 3. The Bertz CT molecular complexity index is 220. The maximum Gasteiger partial charge on any atom is 3.00 e. The van der Waals surface area contributed by atoms with Crippen LogP contribution in [0.4, 0.5) is 0 Å². The Labute approximate surface area is 122 Å². The predicted molar refractivity (Wildman–Crippen MR) is 50.1 cm³/mol. The van der Waals surface area contributed by atoms with Crippen molar-refractivity contribution in [3.8, 4) is 0 Å². The van der Waals surface area contributed by atoms with Crippen LogP contribution in [-0.2, 0) is 33.9 Å². The third-order valence-corrected chi connectivity index (χ3v) is 1.02. The van der Waals surface area contributed by atoms with Gasteiger partial charge in [0.15, 0.2) is 0 Å². The molecule has 19 heavy (non-hydrogen) atoms. The summed E-state index contributed by atoms with van der Waals surface area (Å²) in [6.45, 7) is 3.40. The summed E-state index contributed by atoms with van der Waals surface area (Å²) >= 11 is 0. The van der Waals surface area contributed by atoms with E-state index in [2.05, 4.69) is 0 Å². The Kier molecular flexibility index (Phi) is 20.9. The normalized spacial score (nSPS) is 12.9. The third-order valence-electron chi connectivity index (χ3n) is 1.02. The van der Waals surface area contributed by atoms with Crippen molar-refractivity contribution in [3.63, 3.8) is 0 Å². The van der Waals surface area contributed by atoms with Crippen molar-refractivity contribution in [3.05, 3.63) is 0 Å². The van der Waals surface area contributed by atoms with Crippen LogP contribution in [0.25, 0.3) is 0 Å². The standard InChI is InChI=1S/3C3H6O3.Ru/c3*1-2(4)3(5)6;/h3*2,4H,1H3,(H,5,6);/q;;;+3/p-3. The summed E-state index contributed by atoms with van der Waals surface area (Å²) in [4.78, 5) is 28.0. The van der Waals surface area contributed by atoms with Crippen molar-refractivity contribution in [2.45, 2.75) is 39.1 Å². The molecule has 10 heteroatoms. The SMILES string of the molecule is CC(O)C(=O)[O-].CC(O)C(=O)[O-].CC(O)C(=O)[O-].[Ru+3].